The molecule has 4 rings (SSSR count). The Labute approximate surface area is 148 Å². The molecule has 0 bridgehead atoms. The Hall–Kier alpha value is -3.92. The van der Waals surface area contributed by atoms with E-state index in [1.165, 1.54) is 6.26 Å². The van der Waals surface area contributed by atoms with Crippen LogP contribution in [0.2, 0.25) is 0 Å². The second-order valence-corrected chi connectivity index (χ2v) is 5.55. The normalized spacial score (nSPS) is 10.7. The molecule has 0 atom stereocenters. The Balaban J connectivity index is 1.96. The van der Waals surface area contributed by atoms with Crippen molar-refractivity contribution in [2.24, 2.45) is 0 Å². The van der Waals surface area contributed by atoms with E-state index in [4.69, 9.17) is 4.42 Å². The maximum atomic E-state index is 12.4. The zero-order valence-electron chi connectivity index (χ0n) is 13.6. The topological polar surface area (TPSA) is 96.7 Å². The molecule has 0 fully saturated rings. The number of amides is 1. The molecule has 3 aromatic heterocycles. The summed E-state index contributed by atoms with van der Waals surface area (Å²) in [6.07, 6.45) is 3.08. The first kappa shape index (κ1) is 15.6. The van der Waals surface area contributed by atoms with Crippen LogP contribution in [0.25, 0.3) is 22.2 Å². The van der Waals surface area contributed by atoms with Crippen LogP contribution in [0, 0.1) is 11.3 Å². The Morgan fingerprint density at radius 1 is 1.27 bits per heavy atom. The summed E-state index contributed by atoms with van der Waals surface area (Å²) in [5.74, 6) is 0.0126. The lowest BCUT2D eigenvalue weighted by atomic mass is 10.2. The van der Waals surface area contributed by atoms with E-state index in [-0.39, 0.29) is 11.3 Å². The lowest BCUT2D eigenvalue weighted by Crippen LogP contribution is -2.15. The summed E-state index contributed by atoms with van der Waals surface area (Å²) in [5, 5.41) is 12.4. The van der Waals surface area contributed by atoms with E-state index in [9.17, 15) is 10.1 Å². The third-order valence-corrected chi connectivity index (χ3v) is 3.95. The number of furan rings is 1. The summed E-state index contributed by atoms with van der Waals surface area (Å²) in [5.41, 5.74) is 2.57. The van der Waals surface area contributed by atoms with E-state index in [0.29, 0.717) is 34.6 Å². The number of allylic oxidation sites excluding steroid dienone is 1. The van der Waals surface area contributed by atoms with Gasteiger partial charge in [0.25, 0.3) is 5.91 Å². The summed E-state index contributed by atoms with van der Waals surface area (Å²) in [6.45, 7) is 4.11. The number of nitrogens with one attached hydrogen (secondary N) is 1. The lowest BCUT2D eigenvalue weighted by molar-refractivity contribution is 0.0996. The molecule has 1 amide bonds. The number of carbonyl (C=O) groups excluding carboxylic acids is 1. The molecule has 0 aliphatic rings. The SMILES string of the molecule is C=CCn1c(NC(=O)c2ccco2)c(C#N)c2nc3ccccc3nc21. The van der Waals surface area contributed by atoms with Gasteiger partial charge in [-0.05, 0) is 24.3 Å². The minimum atomic E-state index is -0.454. The Bertz CT molecular complexity index is 1180. The number of nitrogens with zero attached hydrogens (tertiary/aromatic N) is 4. The average molecular weight is 343 g/mol. The number of nitriles is 1. The molecule has 0 saturated carbocycles. The molecule has 0 spiro atoms. The molecule has 1 N–H and O–H groups in total. The van der Waals surface area contributed by atoms with Crippen molar-refractivity contribution in [3.05, 3.63) is 66.6 Å². The fraction of sp³-hybridized carbons (Fsp3) is 0.0526. The molecule has 0 aliphatic heterocycles. The standard InChI is InChI=1S/C19H13N5O2/c1-2-9-24-17(23-19(25)15-8-5-10-26-15)12(11-20)16-18(24)22-14-7-4-3-6-13(14)21-16/h2-8,10H,1,9H2,(H,23,25). The molecule has 0 aliphatic carbocycles. The number of anilines is 1. The molecule has 4 aromatic rings. The van der Waals surface area contributed by atoms with E-state index in [1.54, 1.807) is 22.8 Å². The summed E-state index contributed by atoms with van der Waals surface area (Å²) in [6, 6.07) is 12.7. The molecular formula is C19H13N5O2. The summed E-state index contributed by atoms with van der Waals surface area (Å²) in [7, 11) is 0. The Morgan fingerprint density at radius 3 is 2.69 bits per heavy atom. The van der Waals surface area contributed by atoms with E-state index in [0.717, 1.165) is 0 Å². The summed E-state index contributed by atoms with van der Waals surface area (Å²) >= 11 is 0. The van der Waals surface area contributed by atoms with Crippen LogP contribution >= 0.6 is 0 Å². The highest BCUT2D eigenvalue weighted by Crippen LogP contribution is 2.29. The highest BCUT2D eigenvalue weighted by Gasteiger charge is 2.22. The zero-order chi connectivity index (χ0) is 18.1. The van der Waals surface area contributed by atoms with Crippen molar-refractivity contribution in [2.75, 3.05) is 5.32 Å². The van der Waals surface area contributed by atoms with Crippen molar-refractivity contribution in [1.82, 2.24) is 14.5 Å². The molecule has 1 aromatic carbocycles. The molecule has 26 heavy (non-hydrogen) atoms. The summed E-state index contributed by atoms with van der Waals surface area (Å²) in [4.78, 5) is 21.6. The smallest absolute Gasteiger partial charge is 0.292 e. The van der Waals surface area contributed by atoms with Crippen LogP contribution in [-0.4, -0.2) is 20.4 Å². The Morgan fingerprint density at radius 2 is 2.04 bits per heavy atom. The maximum absolute atomic E-state index is 12.4. The molecule has 0 radical (unpaired) electrons. The second-order valence-electron chi connectivity index (χ2n) is 5.55. The van der Waals surface area contributed by atoms with Gasteiger partial charge in [0.05, 0.1) is 17.3 Å². The highest BCUT2D eigenvalue weighted by atomic mass is 16.3. The van der Waals surface area contributed by atoms with Gasteiger partial charge in [0.1, 0.15) is 23.0 Å². The zero-order valence-corrected chi connectivity index (χ0v) is 13.6. The van der Waals surface area contributed by atoms with Crippen LogP contribution in [0.3, 0.4) is 0 Å². The van der Waals surface area contributed by atoms with Gasteiger partial charge in [0.2, 0.25) is 0 Å². The number of carbonyl (C=O) groups is 1. The van der Waals surface area contributed by atoms with E-state index >= 15 is 0 Å². The highest BCUT2D eigenvalue weighted by molar-refractivity contribution is 6.05. The molecular weight excluding hydrogens is 330 g/mol. The minimum Gasteiger partial charge on any atom is -0.459 e. The molecule has 3 heterocycles. The first-order valence-corrected chi connectivity index (χ1v) is 7.87. The molecule has 0 saturated heterocycles. The van der Waals surface area contributed by atoms with Gasteiger partial charge in [0, 0.05) is 6.54 Å². The number of rotatable bonds is 4. The minimum absolute atomic E-state index is 0.148. The second kappa shape index (κ2) is 6.18. The third-order valence-electron chi connectivity index (χ3n) is 3.95. The quantitative estimate of drug-likeness (QED) is 0.572. The van der Waals surface area contributed by atoms with Gasteiger partial charge in [-0.2, -0.15) is 5.26 Å². The van der Waals surface area contributed by atoms with Crippen molar-refractivity contribution in [3.8, 4) is 6.07 Å². The van der Waals surface area contributed by atoms with Crippen molar-refractivity contribution in [1.29, 1.82) is 5.26 Å². The average Bonchev–Trinajstić information content (AvgIpc) is 3.28. The largest absolute Gasteiger partial charge is 0.459 e. The predicted molar refractivity (Wildman–Crippen MR) is 96.6 cm³/mol. The van der Waals surface area contributed by atoms with Crippen LogP contribution in [-0.2, 0) is 6.54 Å². The molecule has 7 nitrogen and oxygen atoms in total. The predicted octanol–water partition coefficient (Wildman–Crippen LogP) is 3.49. The number of hydrogen-bond donors (Lipinski definition) is 1. The Kier molecular flexibility index (Phi) is 3.71. The number of aromatic nitrogens is 3. The van der Waals surface area contributed by atoms with E-state index in [1.807, 2.05) is 24.3 Å². The van der Waals surface area contributed by atoms with Crippen molar-refractivity contribution in [3.63, 3.8) is 0 Å². The van der Waals surface area contributed by atoms with Crippen molar-refractivity contribution >= 4 is 33.9 Å². The van der Waals surface area contributed by atoms with Gasteiger partial charge in [-0.15, -0.1) is 6.58 Å². The van der Waals surface area contributed by atoms with Crippen LogP contribution < -0.4 is 5.32 Å². The fourth-order valence-corrected chi connectivity index (χ4v) is 2.82. The van der Waals surface area contributed by atoms with Crippen LogP contribution in [0.1, 0.15) is 16.1 Å². The molecule has 126 valence electrons. The van der Waals surface area contributed by atoms with Gasteiger partial charge in [-0.3, -0.25) is 4.79 Å². The molecule has 0 unspecified atom stereocenters. The van der Waals surface area contributed by atoms with Gasteiger partial charge in [-0.25, -0.2) is 9.97 Å². The number of hydrogen-bond acceptors (Lipinski definition) is 5. The lowest BCUT2D eigenvalue weighted by Gasteiger charge is -2.08. The van der Waals surface area contributed by atoms with Crippen LogP contribution in [0.15, 0.2) is 59.7 Å². The first-order valence-electron chi connectivity index (χ1n) is 7.87. The van der Waals surface area contributed by atoms with Crippen LogP contribution in [0.5, 0.6) is 0 Å². The third kappa shape index (κ3) is 2.41. The fourth-order valence-electron chi connectivity index (χ4n) is 2.82. The molecule has 7 heteroatoms. The van der Waals surface area contributed by atoms with Crippen LogP contribution in [0.4, 0.5) is 5.82 Å². The number of para-hydroxylation sites is 2. The summed E-state index contributed by atoms with van der Waals surface area (Å²) < 4.78 is 6.83. The van der Waals surface area contributed by atoms with Gasteiger partial charge in [0.15, 0.2) is 11.4 Å². The van der Waals surface area contributed by atoms with E-state index < -0.39 is 5.91 Å². The van der Waals surface area contributed by atoms with Crippen molar-refractivity contribution < 1.29 is 9.21 Å². The first-order chi connectivity index (χ1) is 12.7. The van der Waals surface area contributed by atoms with Gasteiger partial charge in [-0.1, -0.05) is 18.2 Å². The van der Waals surface area contributed by atoms with Crippen molar-refractivity contribution in [2.45, 2.75) is 6.54 Å². The van der Waals surface area contributed by atoms with E-state index in [2.05, 4.69) is 27.9 Å². The van der Waals surface area contributed by atoms with Gasteiger partial charge >= 0.3 is 0 Å². The van der Waals surface area contributed by atoms with Gasteiger partial charge < -0.3 is 14.3 Å². The maximum Gasteiger partial charge on any atom is 0.292 e. The number of benzene rings is 1. The monoisotopic (exact) mass is 343 g/mol. The number of fused-ring (bicyclic) bond motifs is 2.